The molecule has 0 radical (unpaired) electrons. The quantitative estimate of drug-likeness (QED) is 0.703. The van der Waals surface area contributed by atoms with E-state index in [1.165, 1.54) is 11.8 Å². The summed E-state index contributed by atoms with van der Waals surface area (Å²) in [5.41, 5.74) is -0.711. The third kappa shape index (κ3) is 5.36. The van der Waals surface area contributed by atoms with E-state index >= 15 is 0 Å². The van der Waals surface area contributed by atoms with E-state index in [2.05, 4.69) is 11.4 Å². The van der Waals surface area contributed by atoms with Gasteiger partial charge in [-0.05, 0) is 49.9 Å². The fraction of sp³-hybridized carbons (Fsp3) is 0.529. The molecule has 0 aromatic heterocycles. The minimum atomic E-state index is -0.711. The van der Waals surface area contributed by atoms with E-state index in [4.69, 9.17) is 9.47 Å². The number of carbonyl (C=O) groups excluding carboxylic acids is 1. The summed E-state index contributed by atoms with van der Waals surface area (Å²) in [5, 5.41) is 12.1. The van der Waals surface area contributed by atoms with Crippen molar-refractivity contribution in [1.29, 1.82) is 5.26 Å². The number of hydrogen-bond acceptors (Lipinski definition) is 5. The molecule has 1 aromatic rings. The van der Waals surface area contributed by atoms with Crippen molar-refractivity contribution in [1.82, 2.24) is 5.32 Å². The number of nitriles is 1. The van der Waals surface area contributed by atoms with Crippen molar-refractivity contribution in [2.75, 3.05) is 25.2 Å². The van der Waals surface area contributed by atoms with Crippen molar-refractivity contribution < 1.29 is 14.3 Å². The van der Waals surface area contributed by atoms with Crippen molar-refractivity contribution in [3.05, 3.63) is 24.3 Å². The second kappa shape index (κ2) is 8.11. The number of amides is 1. The Morgan fingerprint density at radius 1 is 1.39 bits per heavy atom. The first-order valence-electron chi connectivity index (χ1n) is 7.64. The fourth-order valence-corrected chi connectivity index (χ4v) is 2.87. The number of hydrogen-bond donors (Lipinski definition) is 1. The first-order chi connectivity index (χ1) is 11.1. The molecule has 1 atom stereocenters. The van der Waals surface area contributed by atoms with E-state index in [0.29, 0.717) is 24.0 Å². The molecule has 1 amide bonds. The molecule has 5 nitrogen and oxygen atoms in total. The molecule has 0 spiro atoms. The molecule has 1 aliphatic carbocycles. The molecule has 1 unspecified atom stereocenters. The Hall–Kier alpha value is -1.87. The van der Waals surface area contributed by atoms with Crippen LogP contribution in [0.5, 0.6) is 11.5 Å². The Labute approximate surface area is 141 Å². The van der Waals surface area contributed by atoms with Gasteiger partial charge in [-0.2, -0.15) is 5.26 Å². The number of rotatable bonds is 9. The molecule has 0 heterocycles. The monoisotopic (exact) mass is 334 g/mol. The van der Waals surface area contributed by atoms with Crippen LogP contribution in [0.3, 0.4) is 0 Å². The molecule has 1 fully saturated rings. The van der Waals surface area contributed by atoms with E-state index in [-0.39, 0.29) is 5.91 Å². The Bertz CT molecular complexity index is 566. The zero-order chi connectivity index (χ0) is 16.7. The lowest BCUT2D eigenvalue weighted by molar-refractivity contribution is -0.119. The van der Waals surface area contributed by atoms with Crippen molar-refractivity contribution in [3.8, 4) is 17.6 Å². The normalized spacial score (nSPS) is 16.0. The zero-order valence-electron chi connectivity index (χ0n) is 13.5. The number of nitrogens with one attached hydrogen (secondary N) is 1. The number of ether oxygens (including phenoxy) is 2. The highest BCUT2D eigenvalue weighted by Crippen LogP contribution is 2.39. The van der Waals surface area contributed by atoms with Crippen molar-refractivity contribution in [2.45, 2.75) is 25.3 Å². The summed E-state index contributed by atoms with van der Waals surface area (Å²) >= 11 is 1.50. The SMILES string of the molecule is COc1ccc(OCCSCC(=O)NC(C)(C#N)C2CC2)cc1. The second-order valence-electron chi connectivity index (χ2n) is 5.71. The maximum atomic E-state index is 11.9. The van der Waals surface area contributed by atoms with Crippen LogP contribution in [0, 0.1) is 17.2 Å². The second-order valence-corrected chi connectivity index (χ2v) is 6.82. The Balaban J connectivity index is 1.61. The summed E-state index contributed by atoms with van der Waals surface area (Å²) in [4.78, 5) is 11.9. The van der Waals surface area contributed by atoms with Crippen LogP contribution in [0.4, 0.5) is 0 Å². The molecule has 0 saturated heterocycles. The minimum absolute atomic E-state index is 0.0876. The molecule has 124 valence electrons. The molecule has 1 aliphatic rings. The smallest absolute Gasteiger partial charge is 0.231 e. The van der Waals surface area contributed by atoms with Gasteiger partial charge in [-0.15, -0.1) is 11.8 Å². The van der Waals surface area contributed by atoms with Crippen molar-refractivity contribution in [2.24, 2.45) is 5.92 Å². The first-order valence-corrected chi connectivity index (χ1v) is 8.80. The largest absolute Gasteiger partial charge is 0.497 e. The summed E-state index contributed by atoms with van der Waals surface area (Å²) < 4.78 is 10.7. The molecular formula is C17H22N2O3S. The van der Waals surface area contributed by atoms with Gasteiger partial charge in [0.25, 0.3) is 0 Å². The molecule has 6 heteroatoms. The molecule has 2 rings (SSSR count). The van der Waals surface area contributed by atoms with E-state index in [0.717, 1.165) is 24.3 Å². The van der Waals surface area contributed by atoms with Gasteiger partial charge < -0.3 is 14.8 Å². The summed E-state index contributed by atoms with van der Waals surface area (Å²) in [5.74, 6) is 2.85. The van der Waals surface area contributed by atoms with Crippen LogP contribution in [0.2, 0.25) is 0 Å². The lowest BCUT2D eigenvalue weighted by Gasteiger charge is -2.22. The van der Waals surface area contributed by atoms with Gasteiger partial charge in [0.2, 0.25) is 5.91 Å². The van der Waals surface area contributed by atoms with Gasteiger partial charge in [-0.1, -0.05) is 0 Å². The Morgan fingerprint density at radius 3 is 2.61 bits per heavy atom. The van der Waals surface area contributed by atoms with Crippen LogP contribution >= 0.6 is 11.8 Å². The molecular weight excluding hydrogens is 312 g/mol. The van der Waals surface area contributed by atoms with Gasteiger partial charge >= 0.3 is 0 Å². The summed E-state index contributed by atoms with van der Waals surface area (Å²) in [6.07, 6.45) is 2.04. The standard InChI is InChI=1S/C17H22N2O3S/c1-17(12-18,13-3-4-13)19-16(20)11-23-10-9-22-15-7-5-14(21-2)6-8-15/h5-8,13H,3-4,9-11H2,1-2H3,(H,19,20). The van der Waals surface area contributed by atoms with E-state index in [9.17, 15) is 10.1 Å². The van der Waals surface area contributed by atoms with Gasteiger partial charge in [0, 0.05) is 5.75 Å². The molecule has 0 aliphatic heterocycles. The van der Waals surface area contributed by atoms with E-state index in [1.807, 2.05) is 24.3 Å². The molecule has 1 saturated carbocycles. The third-order valence-corrected chi connectivity index (χ3v) is 4.74. The third-order valence-electron chi connectivity index (χ3n) is 3.81. The Morgan fingerprint density at radius 2 is 2.04 bits per heavy atom. The van der Waals surface area contributed by atoms with Crippen LogP contribution in [-0.2, 0) is 4.79 Å². The highest BCUT2D eigenvalue weighted by molar-refractivity contribution is 7.99. The topological polar surface area (TPSA) is 71.3 Å². The van der Waals surface area contributed by atoms with Gasteiger partial charge in [-0.25, -0.2) is 0 Å². The van der Waals surface area contributed by atoms with Crippen LogP contribution in [0.1, 0.15) is 19.8 Å². The lowest BCUT2D eigenvalue weighted by atomic mass is 9.98. The predicted molar refractivity (Wildman–Crippen MR) is 90.7 cm³/mol. The lowest BCUT2D eigenvalue weighted by Crippen LogP contribution is -2.47. The van der Waals surface area contributed by atoms with Crippen LogP contribution in [0.15, 0.2) is 24.3 Å². The number of benzene rings is 1. The predicted octanol–water partition coefficient (Wildman–Crippen LogP) is 2.62. The average Bonchev–Trinajstić information content (AvgIpc) is 3.40. The van der Waals surface area contributed by atoms with Gasteiger partial charge in [0.15, 0.2) is 0 Å². The average molecular weight is 334 g/mol. The van der Waals surface area contributed by atoms with Crippen LogP contribution < -0.4 is 14.8 Å². The first kappa shape index (κ1) is 17.5. The maximum Gasteiger partial charge on any atom is 0.231 e. The number of nitrogens with zero attached hydrogens (tertiary/aromatic N) is 1. The number of thioether (sulfide) groups is 1. The maximum absolute atomic E-state index is 11.9. The summed E-state index contributed by atoms with van der Waals surface area (Å²) in [6.45, 7) is 2.34. The molecule has 1 N–H and O–H groups in total. The zero-order valence-corrected chi connectivity index (χ0v) is 14.3. The molecule has 1 aromatic carbocycles. The van der Waals surface area contributed by atoms with Crippen molar-refractivity contribution in [3.63, 3.8) is 0 Å². The van der Waals surface area contributed by atoms with E-state index in [1.54, 1.807) is 14.0 Å². The van der Waals surface area contributed by atoms with Crippen molar-refractivity contribution >= 4 is 17.7 Å². The highest BCUT2D eigenvalue weighted by Gasteiger charge is 2.42. The van der Waals surface area contributed by atoms with Gasteiger partial charge in [0.05, 0.1) is 25.5 Å². The van der Waals surface area contributed by atoms with Crippen LogP contribution in [-0.4, -0.2) is 36.7 Å². The highest BCUT2D eigenvalue weighted by atomic mass is 32.2. The summed E-state index contributed by atoms with van der Waals surface area (Å²) in [7, 11) is 1.62. The summed E-state index contributed by atoms with van der Waals surface area (Å²) in [6, 6.07) is 9.62. The van der Waals surface area contributed by atoms with Crippen LogP contribution in [0.25, 0.3) is 0 Å². The fourth-order valence-electron chi connectivity index (χ4n) is 2.26. The van der Waals surface area contributed by atoms with E-state index < -0.39 is 5.54 Å². The minimum Gasteiger partial charge on any atom is -0.497 e. The molecule has 23 heavy (non-hydrogen) atoms. The van der Waals surface area contributed by atoms with Gasteiger partial charge in [-0.3, -0.25) is 4.79 Å². The molecule has 0 bridgehead atoms. The van der Waals surface area contributed by atoms with Gasteiger partial charge in [0.1, 0.15) is 17.0 Å². The number of carbonyl (C=O) groups is 1. The Kier molecular flexibility index (Phi) is 6.17. The number of methoxy groups -OCH3 is 1.